The second-order valence-electron chi connectivity index (χ2n) is 4.76. The summed E-state index contributed by atoms with van der Waals surface area (Å²) in [6, 6.07) is 1.92. The summed E-state index contributed by atoms with van der Waals surface area (Å²) in [5.74, 6) is -0.0258. The van der Waals surface area contributed by atoms with Gasteiger partial charge in [0.1, 0.15) is 24.1 Å². The topological polar surface area (TPSA) is 155 Å². The normalized spacial score (nSPS) is 28.1. The van der Waals surface area contributed by atoms with Gasteiger partial charge in [-0.25, -0.2) is 4.79 Å². The fraction of sp³-hybridized carbons (Fsp3) is 0.462. The maximum Gasteiger partial charge on any atom is 0.351 e. The van der Waals surface area contributed by atoms with E-state index in [-0.39, 0.29) is 12.2 Å². The number of aliphatic hydroxyl groups excluding tert-OH is 3. The quantitative estimate of drug-likeness (QED) is 0.516. The number of hydrogen-bond donors (Lipinski definition) is 4. The third-order valence-electron chi connectivity index (χ3n) is 3.31. The summed E-state index contributed by atoms with van der Waals surface area (Å²) in [5, 5.41) is 37.2. The minimum atomic E-state index is -1.39. The molecule has 118 valence electrons. The Morgan fingerprint density at radius 1 is 1.50 bits per heavy atom. The van der Waals surface area contributed by atoms with Gasteiger partial charge in [0, 0.05) is 11.8 Å². The number of aromatic nitrogens is 2. The Morgan fingerprint density at radius 2 is 2.23 bits per heavy atom. The Morgan fingerprint density at radius 3 is 2.82 bits per heavy atom. The first-order valence-electron chi connectivity index (χ1n) is 6.54. The lowest BCUT2D eigenvalue weighted by Crippen LogP contribution is -2.36. The van der Waals surface area contributed by atoms with Gasteiger partial charge in [-0.05, 0) is 0 Å². The molecule has 1 aliphatic heterocycles. The summed E-state index contributed by atoms with van der Waals surface area (Å²) in [7, 11) is 0. The summed E-state index contributed by atoms with van der Waals surface area (Å²) < 4.78 is 6.27. The molecule has 9 nitrogen and oxygen atoms in total. The number of ether oxygens (including phenoxy) is 1. The molecule has 0 aliphatic carbocycles. The van der Waals surface area contributed by atoms with Crippen molar-refractivity contribution in [1.29, 1.82) is 5.26 Å². The van der Waals surface area contributed by atoms with Crippen molar-refractivity contribution >= 4 is 11.9 Å². The molecule has 1 aliphatic rings. The highest BCUT2D eigenvalue weighted by Crippen LogP contribution is 2.28. The Hall–Kier alpha value is -2.25. The van der Waals surface area contributed by atoms with Crippen molar-refractivity contribution in [3.8, 4) is 6.07 Å². The van der Waals surface area contributed by atoms with Crippen molar-refractivity contribution in [3.05, 3.63) is 28.3 Å². The van der Waals surface area contributed by atoms with Gasteiger partial charge in [-0.15, -0.1) is 0 Å². The molecule has 0 unspecified atom stereocenters. The predicted octanol–water partition coefficient (Wildman–Crippen LogP) is -1.64. The molecule has 0 amide bonds. The molecule has 1 aromatic rings. The fourth-order valence-electron chi connectivity index (χ4n) is 2.16. The zero-order valence-corrected chi connectivity index (χ0v) is 11.5. The van der Waals surface area contributed by atoms with Crippen LogP contribution in [0.3, 0.4) is 0 Å². The minimum Gasteiger partial charge on any atom is -0.394 e. The van der Waals surface area contributed by atoms with E-state index < -0.39 is 36.8 Å². The zero-order valence-electron chi connectivity index (χ0n) is 11.5. The van der Waals surface area contributed by atoms with Gasteiger partial charge >= 0.3 is 5.69 Å². The summed E-state index contributed by atoms with van der Waals surface area (Å²) >= 11 is 0. The molecule has 1 fully saturated rings. The highest BCUT2D eigenvalue weighted by atomic mass is 16.6. The van der Waals surface area contributed by atoms with E-state index in [1.165, 1.54) is 12.3 Å². The number of hydrogen-bond acceptors (Lipinski definition) is 8. The smallest absolute Gasteiger partial charge is 0.351 e. The monoisotopic (exact) mass is 308 g/mol. The molecule has 5 N–H and O–H groups in total. The van der Waals surface area contributed by atoms with Gasteiger partial charge in [-0.1, -0.05) is 12.2 Å². The summed E-state index contributed by atoms with van der Waals surface area (Å²) in [6.45, 7) is -0.499. The van der Waals surface area contributed by atoms with Gasteiger partial charge in [0.15, 0.2) is 6.23 Å². The van der Waals surface area contributed by atoms with Crippen LogP contribution >= 0.6 is 0 Å². The predicted molar refractivity (Wildman–Crippen MR) is 75.2 cm³/mol. The SMILES string of the molecule is N#CCC=Cc1cn([C@@H]2O[C@H](CO)[C@@H](O)[C@@H]2O)c(=O)nc1N. The number of rotatable bonds is 4. The summed E-state index contributed by atoms with van der Waals surface area (Å²) in [5.41, 5.74) is 5.24. The first kappa shape index (κ1) is 16.1. The lowest BCUT2D eigenvalue weighted by Gasteiger charge is -2.18. The van der Waals surface area contributed by atoms with Crippen LogP contribution in [0, 0.1) is 11.3 Å². The molecule has 9 heteroatoms. The Balaban J connectivity index is 2.37. The van der Waals surface area contributed by atoms with Gasteiger partial charge < -0.3 is 25.8 Å². The second-order valence-corrected chi connectivity index (χ2v) is 4.76. The number of aliphatic hydroxyl groups is 3. The molecule has 1 aromatic heterocycles. The van der Waals surface area contributed by atoms with Crippen molar-refractivity contribution in [2.75, 3.05) is 12.3 Å². The molecule has 0 saturated carbocycles. The van der Waals surface area contributed by atoms with Crippen LogP contribution in [0.1, 0.15) is 18.2 Å². The highest BCUT2D eigenvalue weighted by Gasteiger charge is 2.43. The minimum absolute atomic E-state index is 0.0258. The van der Waals surface area contributed by atoms with Crippen molar-refractivity contribution in [3.63, 3.8) is 0 Å². The molecule has 0 bridgehead atoms. The molecule has 1 saturated heterocycles. The number of nitrogen functional groups attached to an aromatic ring is 1. The van der Waals surface area contributed by atoms with Gasteiger partial charge in [0.25, 0.3) is 0 Å². The highest BCUT2D eigenvalue weighted by molar-refractivity contribution is 5.59. The molecule has 4 atom stereocenters. The van der Waals surface area contributed by atoms with E-state index in [0.717, 1.165) is 4.57 Å². The van der Waals surface area contributed by atoms with Crippen LogP contribution in [-0.2, 0) is 4.74 Å². The Kier molecular flexibility index (Phi) is 4.89. The van der Waals surface area contributed by atoms with E-state index in [1.54, 1.807) is 6.08 Å². The van der Waals surface area contributed by atoms with Crippen molar-refractivity contribution in [2.45, 2.75) is 31.0 Å². The third-order valence-corrected chi connectivity index (χ3v) is 3.31. The molecule has 2 heterocycles. The third kappa shape index (κ3) is 3.00. The summed E-state index contributed by atoms with van der Waals surface area (Å²) in [6.07, 6.45) is -0.362. The lowest BCUT2D eigenvalue weighted by atomic mass is 10.1. The average molecular weight is 308 g/mol. The molecular formula is C13H16N4O5. The van der Waals surface area contributed by atoms with E-state index in [0.29, 0.717) is 5.56 Å². The second kappa shape index (κ2) is 6.67. The standard InChI is InChI=1S/C13H16N4O5/c14-4-2-1-3-7-5-17(13(21)16-11(7)15)12-10(20)9(19)8(6-18)22-12/h1,3,5,8-10,12,18-20H,2,6H2,(H2,15,16,21)/t8-,9-,10+,12-/m1/s1. The maximum atomic E-state index is 11.9. The van der Waals surface area contributed by atoms with Crippen molar-refractivity contribution in [1.82, 2.24) is 9.55 Å². The van der Waals surface area contributed by atoms with Crippen molar-refractivity contribution in [2.24, 2.45) is 0 Å². The van der Waals surface area contributed by atoms with Gasteiger partial charge in [-0.2, -0.15) is 10.2 Å². The molecule has 0 aromatic carbocycles. The van der Waals surface area contributed by atoms with Crippen LogP contribution in [-0.4, -0.2) is 49.8 Å². The number of nitriles is 1. The molecule has 0 spiro atoms. The molecule has 2 rings (SSSR count). The van der Waals surface area contributed by atoms with Crippen LogP contribution in [0.15, 0.2) is 17.1 Å². The zero-order chi connectivity index (χ0) is 16.3. The van der Waals surface area contributed by atoms with Gasteiger partial charge in [0.2, 0.25) is 0 Å². The van der Waals surface area contributed by atoms with Crippen LogP contribution in [0.5, 0.6) is 0 Å². The van der Waals surface area contributed by atoms with E-state index in [1.807, 2.05) is 6.07 Å². The molecule has 22 heavy (non-hydrogen) atoms. The van der Waals surface area contributed by atoms with E-state index in [2.05, 4.69) is 4.98 Å². The van der Waals surface area contributed by atoms with Crippen molar-refractivity contribution < 1.29 is 20.1 Å². The van der Waals surface area contributed by atoms with Crippen LogP contribution in [0.4, 0.5) is 5.82 Å². The first-order valence-corrected chi connectivity index (χ1v) is 6.54. The molecule has 0 radical (unpaired) electrons. The number of anilines is 1. The number of nitrogens with two attached hydrogens (primary N) is 1. The van der Waals surface area contributed by atoms with Crippen LogP contribution in [0.25, 0.3) is 6.08 Å². The van der Waals surface area contributed by atoms with Gasteiger partial charge in [-0.3, -0.25) is 4.57 Å². The largest absolute Gasteiger partial charge is 0.394 e. The Labute approximate surface area is 125 Å². The fourth-order valence-corrected chi connectivity index (χ4v) is 2.16. The number of nitrogens with zero attached hydrogens (tertiary/aromatic N) is 3. The lowest BCUT2D eigenvalue weighted by molar-refractivity contribution is -0.0549. The first-order chi connectivity index (χ1) is 10.5. The van der Waals surface area contributed by atoms with E-state index in [4.69, 9.17) is 20.8 Å². The summed E-state index contributed by atoms with van der Waals surface area (Å²) in [4.78, 5) is 15.5. The van der Waals surface area contributed by atoms with Crippen LogP contribution < -0.4 is 11.4 Å². The average Bonchev–Trinajstić information content (AvgIpc) is 2.77. The number of allylic oxidation sites excluding steroid dienone is 1. The Bertz CT molecular complexity index is 665. The van der Waals surface area contributed by atoms with E-state index in [9.17, 15) is 15.0 Å². The maximum absolute atomic E-state index is 11.9. The molecular weight excluding hydrogens is 292 g/mol. The van der Waals surface area contributed by atoms with Gasteiger partial charge in [0.05, 0.1) is 19.1 Å². The van der Waals surface area contributed by atoms with Crippen LogP contribution in [0.2, 0.25) is 0 Å². The van der Waals surface area contributed by atoms with E-state index >= 15 is 0 Å².